The molecule has 3 N–H and O–H groups in total. The SMILES string of the molecule is CCCCCCCCCCCCCCC(=O)OC[C@H](COP(=O)(O)OC[C@H](O)COP(=O)(O)OC[C@@H](COC(=O)CCCCCCCCCCCCCCCCCC(C)C)OC(=O)CCCCCCCCCCCCCCCCCCCCC(C)CC)OC(=O)CCCCCCCCCCCCCCCC(C)C. The molecule has 6 atom stereocenters. The number of ether oxygens (including phenoxy) is 4. The molecule has 0 saturated heterocycles. The van der Waals surface area contributed by atoms with Gasteiger partial charge in [0.05, 0.1) is 26.4 Å². The van der Waals surface area contributed by atoms with E-state index in [0.717, 1.165) is 108 Å². The molecule has 0 aromatic heterocycles. The molecular weight excluding hydrogens is 1400 g/mol. The molecule has 17 nitrogen and oxygen atoms in total. The zero-order chi connectivity index (χ0) is 79.3. The lowest BCUT2D eigenvalue weighted by Crippen LogP contribution is -2.30. The van der Waals surface area contributed by atoms with Gasteiger partial charge in [-0.15, -0.1) is 0 Å². The standard InChI is InChI=1S/C89H174O17P2/c1-8-10-11-12-13-14-15-35-42-49-56-63-70-86(91)99-76-84(106-89(94)73-66-59-52-45-38-31-25-27-33-40-47-54-61-68-81(5)6)78-103-107(95,96)101-74-83(90)75-102-108(97,98)104-79-85(77-100-87(92)71-64-57-50-43-36-29-24-20-21-26-32-39-46-53-60-67-80(3)4)105-88(93)72-65-58-51-44-37-30-23-19-17-16-18-22-28-34-41-48-55-62-69-82(7)9-2/h80-85,90H,8-79H2,1-7H3,(H,95,96)(H,97,98)/t82?,83-,84+,85+/m0/s1. The first-order chi connectivity index (χ1) is 52.3. The molecular formula is C89H174O17P2. The molecule has 0 rings (SSSR count). The minimum atomic E-state index is -4.97. The van der Waals surface area contributed by atoms with Crippen LogP contribution in [0.2, 0.25) is 0 Å². The van der Waals surface area contributed by atoms with Crippen molar-refractivity contribution in [2.75, 3.05) is 39.6 Å². The summed E-state index contributed by atoms with van der Waals surface area (Å²) in [6.07, 6.45) is 70.7. The summed E-state index contributed by atoms with van der Waals surface area (Å²) in [4.78, 5) is 73.4. The van der Waals surface area contributed by atoms with Crippen LogP contribution in [0.25, 0.3) is 0 Å². The first-order valence-corrected chi connectivity index (χ1v) is 48.9. The number of rotatable bonds is 87. The molecule has 0 bridgehead atoms. The lowest BCUT2D eigenvalue weighted by Gasteiger charge is -2.21. The quantitative estimate of drug-likeness (QED) is 0.0222. The number of unbranched alkanes of at least 4 members (excludes halogenated alkanes) is 54. The van der Waals surface area contributed by atoms with E-state index in [4.69, 9.17) is 37.0 Å². The number of phosphoric acid groups is 2. The minimum Gasteiger partial charge on any atom is -0.462 e. The van der Waals surface area contributed by atoms with Crippen LogP contribution in [-0.4, -0.2) is 96.7 Å². The van der Waals surface area contributed by atoms with Gasteiger partial charge in [0.2, 0.25) is 0 Å². The highest BCUT2D eigenvalue weighted by Crippen LogP contribution is 2.45. The van der Waals surface area contributed by atoms with Gasteiger partial charge in [-0.1, -0.05) is 421 Å². The summed E-state index contributed by atoms with van der Waals surface area (Å²) >= 11 is 0. The van der Waals surface area contributed by atoms with E-state index in [1.807, 2.05) is 0 Å². The van der Waals surface area contributed by atoms with Crippen LogP contribution in [0.15, 0.2) is 0 Å². The summed E-state index contributed by atoms with van der Waals surface area (Å²) in [5, 5.41) is 10.7. The molecule has 642 valence electrons. The van der Waals surface area contributed by atoms with Crippen LogP contribution < -0.4 is 0 Å². The molecule has 0 fully saturated rings. The third-order valence-electron chi connectivity index (χ3n) is 21.2. The van der Waals surface area contributed by atoms with Crippen molar-refractivity contribution >= 4 is 39.5 Å². The normalized spacial score (nSPS) is 14.1. The Labute approximate surface area is 664 Å². The molecule has 0 radical (unpaired) electrons. The second-order valence-electron chi connectivity index (χ2n) is 33.2. The van der Waals surface area contributed by atoms with E-state index in [1.165, 1.54) is 283 Å². The summed E-state index contributed by atoms with van der Waals surface area (Å²) in [5.41, 5.74) is 0. The topological polar surface area (TPSA) is 237 Å². The van der Waals surface area contributed by atoms with E-state index < -0.39 is 97.5 Å². The predicted molar refractivity (Wildman–Crippen MR) is 446 cm³/mol. The number of hydrogen-bond acceptors (Lipinski definition) is 15. The number of esters is 4. The van der Waals surface area contributed by atoms with E-state index >= 15 is 0 Å². The maximum atomic E-state index is 13.2. The molecule has 0 aliphatic heterocycles. The Morgan fingerprint density at radius 3 is 0.704 bits per heavy atom. The van der Waals surface area contributed by atoms with Crippen molar-refractivity contribution in [2.24, 2.45) is 17.8 Å². The molecule has 0 aromatic carbocycles. The van der Waals surface area contributed by atoms with Crippen LogP contribution in [0.4, 0.5) is 0 Å². The Bertz CT molecular complexity index is 2080. The van der Waals surface area contributed by atoms with Crippen LogP contribution >= 0.6 is 15.6 Å². The molecule has 0 aliphatic carbocycles. The van der Waals surface area contributed by atoms with Crippen molar-refractivity contribution in [1.29, 1.82) is 0 Å². The number of aliphatic hydroxyl groups is 1. The van der Waals surface area contributed by atoms with Crippen LogP contribution in [0, 0.1) is 17.8 Å². The van der Waals surface area contributed by atoms with E-state index in [9.17, 15) is 43.2 Å². The van der Waals surface area contributed by atoms with E-state index in [1.54, 1.807) is 0 Å². The van der Waals surface area contributed by atoms with Gasteiger partial charge >= 0.3 is 39.5 Å². The van der Waals surface area contributed by atoms with Crippen molar-refractivity contribution in [2.45, 2.75) is 491 Å². The second-order valence-corrected chi connectivity index (χ2v) is 36.1. The molecule has 108 heavy (non-hydrogen) atoms. The Hall–Kier alpha value is -1.94. The average Bonchev–Trinajstić information content (AvgIpc) is 0.900. The molecule has 0 spiro atoms. The molecule has 3 unspecified atom stereocenters. The van der Waals surface area contributed by atoms with Crippen molar-refractivity contribution in [3.63, 3.8) is 0 Å². The highest BCUT2D eigenvalue weighted by Gasteiger charge is 2.31. The average molecular weight is 1580 g/mol. The van der Waals surface area contributed by atoms with Crippen LogP contribution in [0.3, 0.4) is 0 Å². The smallest absolute Gasteiger partial charge is 0.462 e. The molecule has 0 aliphatic rings. The van der Waals surface area contributed by atoms with Gasteiger partial charge in [-0.25, -0.2) is 9.13 Å². The fourth-order valence-corrected chi connectivity index (χ4v) is 15.4. The number of phosphoric ester groups is 2. The highest BCUT2D eigenvalue weighted by atomic mass is 31.2. The second kappa shape index (κ2) is 78.9. The third-order valence-corrected chi connectivity index (χ3v) is 23.1. The maximum absolute atomic E-state index is 13.2. The number of carbonyl (C=O) groups is 4. The fourth-order valence-electron chi connectivity index (χ4n) is 13.9. The predicted octanol–water partition coefficient (Wildman–Crippen LogP) is 27.3. The third kappa shape index (κ3) is 80.7. The van der Waals surface area contributed by atoms with Gasteiger partial charge in [0.15, 0.2) is 12.2 Å². The van der Waals surface area contributed by atoms with Crippen molar-refractivity contribution in [3.05, 3.63) is 0 Å². The van der Waals surface area contributed by atoms with Gasteiger partial charge in [-0.2, -0.15) is 0 Å². The van der Waals surface area contributed by atoms with Crippen LogP contribution in [-0.2, 0) is 65.4 Å². The Morgan fingerprint density at radius 1 is 0.269 bits per heavy atom. The van der Waals surface area contributed by atoms with Crippen molar-refractivity contribution < 1.29 is 80.2 Å². The number of carbonyl (C=O) groups excluding carboxylic acids is 4. The summed E-state index contributed by atoms with van der Waals surface area (Å²) in [7, 11) is -9.93. The molecule has 19 heteroatoms. The first-order valence-electron chi connectivity index (χ1n) is 45.9. The van der Waals surface area contributed by atoms with Crippen LogP contribution in [0.1, 0.15) is 472 Å². The van der Waals surface area contributed by atoms with Gasteiger partial charge in [0, 0.05) is 25.7 Å². The monoisotopic (exact) mass is 1580 g/mol. The lowest BCUT2D eigenvalue weighted by atomic mass is 9.99. The zero-order valence-corrected chi connectivity index (χ0v) is 73.1. The van der Waals surface area contributed by atoms with Crippen LogP contribution in [0.5, 0.6) is 0 Å². The first kappa shape index (κ1) is 106. The van der Waals surface area contributed by atoms with Crippen molar-refractivity contribution in [3.8, 4) is 0 Å². The van der Waals surface area contributed by atoms with Gasteiger partial charge in [-0.05, 0) is 43.4 Å². The van der Waals surface area contributed by atoms with E-state index in [0.29, 0.717) is 25.7 Å². The fraction of sp³-hybridized carbons (Fsp3) is 0.955. The summed E-state index contributed by atoms with van der Waals surface area (Å²) in [5.74, 6) is 0.365. The molecule has 0 aromatic rings. The summed E-state index contributed by atoms with van der Waals surface area (Å²) < 4.78 is 69.0. The molecule has 0 amide bonds. The van der Waals surface area contributed by atoms with Gasteiger partial charge in [0.1, 0.15) is 19.3 Å². The summed E-state index contributed by atoms with van der Waals surface area (Å²) in [6, 6.07) is 0. The van der Waals surface area contributed by atoms with Gasteiger partial charge < -0.3 is 33.8 Å². The van der Waals surface area contributed by atoms with E-state index in [2.05, 4.69) is 48.5 Å². The highest BCUT2D eigenvalue weighted by molar-refractivity contribution is 7.47. The summed E-state index contributed by atoms with van der Waals surface area (Å²) in [6.45, 7) is 12.1. The Balaban J connectivity index is 5.25. The molecule has 0 saturated carbocycles. The zero-order valence-electron chi connectivity index (χ0n) is 71.3. The number of hydrogen-bond donors (Lipinski definition) is 3. The lowest BCUT2D eigenvalue weighted by molar-refractivity contribution is -0.161. The largest absolute Gasteiger partial charge is 0.472 e. The Morgan fingerprint density at radius 2 is 0.472 bits per heavy atom. The molecule has 0 heterocycles. The van der Waals surface area contributed by atoms with E-state index in [-0.39, 0.29) is 25.7 Å². The van der Waals surface area contributed by atoms with Gasteiger partial charge in [-0.3, -0.25) is 37.3 Å². The minimum absolute atomic E-state index is 0.108. The number of aliphatic hydroxyl groups excluding tert-OH is 1. The Kier molecular flexibility index (Phi) is 77.5. The van der Waals surface area contributed by atoms with Crippen molar-refractivity contribution in [1.82, 2.24) is 0 Å². The van der Waals surface area contributed by atoms with Gasteiger partial charge in [0.25, 0.3) is 0 Å². The maximum Gasteiger partial charge on any atom is 0.472 e.